The number of oxime groups is 1. The minimum absolute atomic E-state index is 0.0773. The van der Waals surface area contributed by atoms with Crippen LogP contribution in [-0.4, -0.2) is 35.1 Å². The largest absolute Gasteiger partial charge is 0.496 e. The van der Waals surface area contributed by atoms with Crippen LogP contribution in [0, 0.1) is 0 Å². The van der Waals surface area contributed by atoms with Crippen molar-refractivity contribution in [2.45, 2.75) is 51.7 Å². The van der Waals surface area contributed by atoms with E-state index < -0.39 is 0 Å². The van der Waals surface area contributed by atoms with E-state index in [1.54, 1.807) is 7.11 Å². The number of rotatable bonds is 4. The van der Waals surface area contributed by atoms with E-state index in [1.165, 1.54) is 19.3 Å². The second-order valence-corrected chi connectivity index (χ2v) is 5.82. The van der Waals surface area contributed by atoms with Gasteiger partial charge in [0.05, 0.1) is 12.7 Å². The molecule has 1 aliphatic heterocycles. The summed E-state index contributed by atoms with van der Waals surface area (Å²) in [7, 11) is 1.58. The summed E-state index contributed by atoms with van der Waals surface area (Å²) in [5, 5.41) is 12.0. The fraction of sp³-hybridized carbons (Fsp3) is 0.562. The number of nitrogens with zero attached hydrogens (tertiary/aromatic N) is 2. The van der Waals surface area contributed by atoms with Crippen molar-refractivity contribution in [1.82, 2.24) is 4.90 Å². The maximum atomic E-state index is 8.90. The van der Waals surface area contributed by atoms with E-state index in [0.29, 0.717) is 23.4 Å². The van der Waals surface area contributed by atoms with Crippen LogP contribution in [0.1, 0.15) is 44.2 Å². The third-order valence-corrected chi connectivity index (χ3v) is 4.39. The van der Waals surface area contributed by atoms with Crippen LogP contribution in [0.15, 0.2) is 23.4 Å². The number of hydrogen-bond acceptors (Lipinski definition) is 4. The van der Waals surface area contributed by atoms with E-state index in [0.717, 1.165) is 12.1 Å². The molecule has 1 aromatic rings. The Hall–Kier alpha value is -1.75. The van der Waals surface area contributed by atoms with Gasteiger partial charge in [0.15, 0.2) is 5.84 Å². The van der Waals surface area contributed by atoms with Gasteiger partial charge in [0, 0.05) is 18.6 Å². The van der Waals surface area contributed by atoms with Crippen LogP contribution < -0.4 is 10.5 Å². The number of hydrogen-bond donors (Lipinski definition) is 2. The van der Waals surface area contributed by atoms with Crippen molar-refractivity contribution < 1.29 is 9.94 Å². The molecule has 1 fully saturated rings. The molecule has 21 heavy (non-hydrogen) atoms. The van der Waals surface area contributed by atoms with Gasteiger partial charge in [-0.05, 0) is 44.4 Å². The Bertz CT molecular complexity index is 506. The molecule has 5 nitrogen and oxygen atoms in total. The summed E-state index contributed by atoms with van der Waals surface area (Å²) < 4.78 is 5.27. The molecule has 3 N–H and O–H groups in total. The van der Waals surface area contributed by atoms with Crippen LogP contribution in [0.4, 0.5) is 0 Å². The average Bonchev–Trinajstić information content (AvgIpc) is 2.50. The quantitative estimate of drug-likeness (QED) is 0.387. The Morgan fingerprint density at radius 2 is 2.05 bits per heavy atom. The number of nitrogens with two attached hydrogens (primary N) is 1. The molecule has 0 bridgehead atoms. The van der Waals surface area contributed by atoms with Gasteiger partial charge in [-0.1, -0.05) is 17.6 Å². The molecule has 2 unspecified atom stereocenters. The van der Waals surface area contributed by atoms with Crippen LogP contribution in [0.2, 0.25) is 0 Å². The molecule has 5 heteroatoms. The van der Waals surface area contributed by atoms with E-state index in [2.05, 4.69) is 23.9 Å². The van der Waals surface area contributed by atoms with Crippen molar-refractivity contribution in [3.63, 3.8) is 0 Å². The maximum absolute atomic E-state index is 8.90. The summed E-state index contributed by atoms with van der Waals surface area (Å²) in [6.45, 7) is 5.44. The van der Waals surface area contributed by atoms with Gasteiger partial charge in [0.1, 0.15) is 5.75 Å². The first kappa shape index (κ1) is 15.6. The fourth-order valence-electron chi connectivity index (χ4n) is 3.10. The van der Waals surface area contributed by atoms with Crippen LogP contribution in [0.3, 0.4) is 0 Å². The standard InChI is InChI=1S/C16H25N3O2/c1-11-5-4-6-12(2)19(11)10-13-7-8-15(21-3)14(9-13)16(17)18-20/h7-9,11-12,20H,4-6,10H2,1-3H3,(H2,17,18). The second-order valence-electron chi connectivity index (χ2n) is 5.82. The molecular formula is C16H25N3O2. The summed E-state index contributed by atoms with van der Waals surface area (Å²) in [5.41, 5.74) is 7.52. The first-order chi connectivity index (χ1) is 10.1. The molecule has 1 saturated heterocycles. The van der Waals surface area contributed by atoms with Crippen LogP contribution in [0.5, 0.6) is 5.75 Å². The molecule has 1 heterocycles. The number of methoxy groups -OCH3 is 1. The highest BCUT2D eigenvalue weighted by atomic mass is 16.5. The molecule has 2 atom stereocenters. The van der Waals surface area contributed by atoms with Crippen molar-refractivity contribution in [2.75, 3.05) is 7.11 Å². The van der Waals surface area contributed by atoms with E-state index in [9.17, 15) is 0 Å². The van der Waals surface area contributed by atoms with Crippen molar-refractivity contribution in [1.29, 1.82) is 0 Å². The highest BCUT2D eigenvalue weighted by Crippen LogP contribution is 2.26. The van der Waals surface area contributed by atoms with Crippen LogP contribution >= 0.6 is 0 Å². The third kappa shape index (κ3) is 3.47. The van der Waals surface area contributed by atoms with Gasteiger partial charge in [-0.2, -0.15) is 0 Å². The summed E-state index contributed by atoms with van der Waals surface area (Å²) in [6, 6.07) is 7.04. The van der Waals surface area contributed by atoms with Gasteiger partial charge in [-0.15, -0.1) is 0 Å². The minimum atomic E-state index is 0.0773. The molecular weight excluding hydrogens is 266 g/mol. The molecule has 2 rings (SSSR count). The minimum Gasteiger partial charge on any atom is -0.496 e. The number of piperidine rings is 1. The summed E-state index contributed by atoms with van der Waals surface area (Å²) in [6.07, 6.45) is 3.79. The Morgan fingerprint density at radius 3 is 2.62 bits per heavy atom. The van der Waals surface area contributed by atoms with Gasteiger partial charge in [-0.25, -0.2) is 0 Å². The van der Waals surface area contributed by atoms with E-state index >= 15 is 0 Å². The van der Waals surface area contributed by atoms with E-state index in [4.69, 9.17) is 15.7 Å². The monoisotopic (exact) mass is 291 g/mol. The van der Waals surface area contributed by atoms with Crippen molar-refractivity contribution in [2.24, 2.45) is 10.9 Å². The van der Waals surface area contributed by atoms with E-state index in [1.807, 2.05) is 18.2 Å². The highest BCUT2D eigenvalue weighted by molar-refractivity contribution is 5.99. The van der Waals surface area contributed by atoms with Crippen molar-refractivity contribution >= 4 is 5.84 Å². The first-order valence-electron chi connectivity index (χ1n) is 7.47. The van der Waals surface area contributed by atoms with Crippen molar-refractivity contribution in [3.8, 4) is 5.75 Å². The van der Waals surface area contributed by atoms with Gasteiger partial charge in [0.25, 0.3) is 0 Å². The summed E-state index contributed by atoms with van der Waals surface area (Å²) in [5.74, 6) is 0.697. The molecule has 1 aromatic carbocycles. The summed E-state index contributed by atoms with van der Waals surface area (Å²) in [4.78, 5) is 2.52. The van der Waals surface area contributed by atoms with Crippen LogP contribution in [-0.2, 0) is 6.54 Å². The molecule has 0 aliphatic carbocycles. The van der Waals surface area contributed by atoms with Crippen LogP contribution in [0.25, 0.3) is 0 Å². The number of amidine groups is 1. The topological polar surface area (TPSA) is 71.1 Å². The zero-order valence-corrected chi connectivity index (χ0v) is 13.0. The van der Waals surface area contributed by atoms with Gasteiger partial charge < -0.3 is 15.7 Å². The Balaban J connectivity index is 2.24. The zero-order valence-electron chi connectivity index (χ0n) is 13.0. The lowest BCUT2D eigenvalue weighted by molar-refractivity contribution is 0.0952. The highest BCUT2D eigenvalue weighted by Gasteiger charge is 2.24. The predicted octanol–water partition coefficient (Wildman–Crippen LogP) is 2.55. The molecule has 0 amide bonds. The number of likely N-dealkylation sites (tertiary alicyclic amines) is 1. The molecule has 0 spiro atoms. The normalized spacial score (nSPS) is 24.0. The summed E-state index contributed by atoms with van der Waals surface area (Å²) >= 11 is 0. The molecule has 1 aliphatic rings. The number of benzene rings is 1. The predicted molar refractivity (Wildman–Crippen MR) is 83.8 cm³/mol. The third-order valence-electron chi connectivity index (χ3n) is 4.39. The maximum Gasteiger partial charge on any atom is 0.173 e. The van der Waals surface area contributed by atoms with Gasteiger partial charge in [-0.3, -0.25) is 4.90 Å². The lowest BCUT2D eigenvalue weighted by Crippen LogP contribution is -2.42. The molecule has 116 valence electrons. The Morgan fingerprint density at radius 1 is 1.38 bits per heavy atom. The molecule has 0 aromatic heterocycles. The zero-order chi connectivity index (χ0) is 15.4. The first-order valence-corrected chi connectivity index (χ1v) is 7.47. The average molecular weight is 291 g/mol. The Kier molecular flexibility index (Phi) is 5.07. The molecule has 0 radical (unpaired) electrons. The lowest BCUT2D eigenvalue weighted by atomic mass is 9.96. The van der Waals surface area contributed by atoms with E-state index in [-0.39, 0.29) is 5.84 Å². The SMILES string of the molecule is COc1ccc(CN2C(C)CCCC2C)cc1C(N)=NO. The second kappa shape index (κ2) is 6.80. The van der Waals surface area contributed by atoms with Crippen molar-refractivity contribution in [3.05, 3.63) is 29.3 Å². The number of ether oxygens (including phenoxy) is 1. The Labute approximate surface area is 126 Å². The van der Waals surface area contributed by atoms with Gasteiger partial charge in [0.2, 0.25) is 0 Å². The smallest absolute Gasteiger partial charge is 0.173 e. The van der Waals surface area contributed by atoms with Gasteiger partial charge >= 0.3 is 0 Å². The molecule has 0 saturated carbocycles. The lowest BCUT2D eigenvalue weighted by Gasteiger charge is -2.39. The fourth-order valence-corrected chi connectivity index (χ4v) is 3.10.